The number of hydrogen-bond donors (Lipinski definition) is 2. The summed E-state index contributed by atoms with van der Waals surface area (Å²) in [4.78, 5) is 8.82. The fourth-order valence-electron chi connectivity index (χ4n) is 1.98. The molecule has 5 heteroatoms. The first-order valence-corrected chi connectivity index (χ1v) is 7.38. The first-order valence-electron chi connectivity index (χ1n) is 6.19. The van der Waals surface area contributed by atoms with Crippen LogP contribution in [0, 0.1) is 6.92 Å². The molecule has 3 rings (SSSR count). The lowest BCUT2D eigenvalue weighted by atomic mass is 10.2. The Bertz CT molecular complexity index is 770. The van der Waals surface area contributed by atoms with E-state index in [1.54, 1.807) is 0 Å². The first kappa shape index (κ1) is 13.5. The van der Waals surface area contributed by atoms with Crippen LogP contribution < -0.4 is 0 Å². The summed E-state index contributed by atoms with van der Waals surface area (Å²) in [7, 11) is 0. The van der Waals surface area contributed by atoms with Crippen molar-refractivity contribution < 1.29 is 5.11 Å². The van der Waals surface area contributed by atoms with Gasteiger partial charge in [-0.25, -0.2) is 4.98 Å². The molecule has 0 saturated heterocycles. The first-order chi connectivity index (χ1) is 9.65. The molecule has 1 heterocycles. The highest BCUT2D eigenvalue weighted by molar-refractivity contribution is 7.99. The Hall–Kier alpha value is -1.49. The number of aromatic amines is 1. The zero-order chi connectivity index (χ0) is 14.1. The maximum absolute atomic E-state index is 9.11. The number of benzene rings is 2. The molecule has 0 aliphatic rings. The van der Waals surface area contributed by atoms with E-state index in [1.165, 1.54) is 17.3 Å². The van der Waals surface area contributed by atoms with Gasteiger partial charge in [0.25, 0.3) is 0 Å². The Balaban J connectivity index is 1.90. The molecule has 0 atom stereocenters. The Labute approximate surface area is 126 Å². The number of aromatic nitrogens is 2. The summed E-state index contributed by atoms with van der Waals surface area (Å²) in [5, 5.41) is 10.5. The van der Waals surface area contributed by atoms with Crippen LogP contribution in [0.1, 0.15) is 11.1 Å². The fourth-order valence-corrected chi connectivity index (χ4v) is 3.13. The molecule has 2 aromatic carbocycles. The number of fused-ring (bicyclic) bond motifs is 1. The van der Waals surface area contributed by atoms with Gasteiger partial charge in [0.15, 0.2) is 5.16 Å². The molecule has 3 nitrogen and oxygen atoms in total. The van der Waals surface area contributed by atoms with Gasteiger partial charge in [0.1, 0.15) is 0 Å². The molecule has 0 bridgehead atoms. The van der Waals surface area contributed by atoms with Crippen molar-refractivity contribution in [3.05, 3.63) is 52.5 Å². The lowest BCUT2D eigenvalue weighted by Crippen LogP contribution is -1.85. The third kappa shape index (κ3) is 2.68. The van der Waals surface area contributed by atoms with Crippen LogP contribution in [0.25, 0.3) is 11.0 Å². The van der Waals surface area contributed by atoms with Crippen molar-refractivity contribution in [3.8, 4) is 0 Å². The second kappa shape index (κ2) is 5.48. The number of aliphatic hydroxyl groups is 1. The van der Waals surface area contributed by atoms with Gasteiger partial charge >= 0.3 is 0 Å². The lowest BCUT2D eigenvalue weighted by molar-refractivity contribution is 0.282. The molecule has 0 unspecified atom stereocenters. The Morgan fingerprint density at radius 1 is 1.25 bits per heavy atom. The predicted octanol–water partition coefficient (Wildman–Crippen LogP) is 4.17. The monoisotopic (exact) mass is 304 g/mol. The highest BCUT2D eigenvalue weighted by Crippen LogP contribution is 2.30. The van der Waals surface area contributed by atoms with Gasteiger partial charge < -0.3 is 10.1 Å². The molecule has 0 fully saturated rings. The van der Waals surface area contributed by atoms with Crippen molar-refractivity contribution in [2.75, 3.05) is 0 Å². The largest absolute Gasteiger partial charge is 0.392 e. The average Bonchev–Trinajstić information content (AvgIpc) is 2.80. The molecular weight excluding hydrogens is 292 g/mol. The van der Waals surface area contributed by atoms with Gasteiger partial charge in [-0.2, -0.15) is 0 Å². The molecule has 1 aromatic heterocycles. The molecule has 3 aromatic rings. The van der Waals surface area contributed by atoms with E-state index in [0.29, 0.717) is 5.02 Å². The zero-order valence-corrected chi connectivity index (χ0v) is 12.4. The number of aliphatic hydroxyl groups excluding tert-OH is 1. The van der Waals surface area contributed by atoms with Gasteiger partial charge in [0, 0.05) is 9.92 Å². The summed E-state index contributed by atoms with van der Waals surface area (Å²) in [6, 6.07) is 11.7. The Morgan fingerprint density at radius 2 is 2.10 bits per heavy atom. The summed E-state index contributed by atoms with van der Waals surface area (Å²) in [5.74, 6) is 0. The molecular formula is C15H13ClN2OS. The third-order valence-electron chi connectivity index (χ3n) is 3.03. The average molecular weight is 305 g/mol. The third-order valence-corrected chi connectivity index (χ3v) is 4.25. The van der Waals surface area contributed by atoms with Gasteiger partial charge in [-0.05, 0) is 42.3 Å². The number of nitrogens with zero attached hydrogens (tertiary/aromatic N) is 1. The van der Waals surface area contributed by atoms with E-state index >= 15 is 0 Å². The molecule has 0 aliphatic carbocycles. The van der Waals surface area contributed by atoms with Crippen molar-refractivity contribution in [2.45, 2.75) is 23.6 Å². The van der Waals surface area contributed by atoms with E-state index in [4.69, 9.17) is 16.7 Å². The Morgan fingerprint density at radius 3 is 2.85 bits per heavy atom. The number of rotatable bonds is 3. The minimum Gasteiger partial charge on any atom is -0.392 e. The minimum atomic E-state index is -0.0479. The van der Waals surface area contributed by atoms with Crippen molar-refractivity contribution in [3.63, 3.8) is 0 Å². The van der Waals surface area contributed by atoms with Crippen molar-refractivity contribution in [2.24, 2.45) is 0 Å². The maximum atomic E-state index is 9.11. The van der Waals surface area contributed by atoms with Gasteiger partial charge in [-0.1, -0.05) is 35.5 Å². The smallest absolute Gasteiger partial charge is 0.171 e. The minimum absolute atomic E-state index is 0.0479. The standard InChI is InChI=1S/C15H13ClN2OS/c1-9-2-5-13-14(6-9)18-15(17-13)20-11-4-3-10(8-19)12(16)7-11/h2-7,19H,8H2,1H3,(H,17,18). The highest BCUT2D eigenvalue weighted by atomic mass is 35.5. The fraction of sp³-hybridized carbons (Fsp3) is 0.133. The number of aryl methyl sites for hydroxylation is 1. The number of nitrogens with one attached hydrogen (secondary N) is 1. The van der Waals surface area contributed by atoms with E-state index < -0.39 is 0 Å². The van der Waals surface area contributed by atoms with Crippen LogP contribution in [0.15, 0.2) is 46.5 Å². The summed E-state index contributed by atoms with van der Waals surface area (Å²) >= 11 is 7.61. The van der Waals surface area contributed by atoms with E-state index in [0.717, 1.165) is 26.6 Å². The summed E-state index contributed by atoms with van der Waals surface area (Å²) in [5.41, 5.74) is 3.92. The molecule has 20 heavy (non-hydrogen) atoms. The van der Waals surface area contributed by atoms with E-state index in [9.17, 15) is 0 Å². The second-order valence-corrected chi connectivity index (χ2v) is 6.05. The van der Waals surface area contributed by atoms with Gasteiger partial charge in [0.2, 0.25) is 0 Å². The molecule has 102 valence electrons. The van der Waals surface area contributed by atoms with Crippen LogP contribution in [0.2, 0.25) is 5.02 Å². The second-order valence-electron chi connectivity index (χ2n) is 4.58. The van der Waals surface area contributed by atoms with Crippen molar-refractivity contribution in [1.82, 2.24) is 9.97 Å². The lowest BCUT2D eigenvalue weighted by Gasteiger charge is -2.03. The van der Waals surface area contributed by atoms with Crippen LogP contribution in [-0.4, -0.2) is 15.1 Å². The van der Waals surface area contributed by atoms with E-state index in [-0.39, 0.29) is 6.61 Å². The van der Waals surface area contributed by atoms with Crippen molar-refractivity contribution in [1.29, 1.82) is 0 Å². The molecule has 0 aliphatic heterocycles. The van der Waals surface area contributed by atoms with Crippen LogP contribution in [-0.2, 0) is 6.61 Å². The maximum Gasteiger partial charge on any atom is 0.171 e. The molecule has 0 amide bonds. The van der Waals surface area contributed by atoms with Crippen LogP contribution in [0.4, 0.5) is 0 Å². The number of imidazole rings is 1. The van der Waals surface area contributed by atoms with Gasteiger partial charge in [-0.3, -0.25) is 0 Å². The number of halogens is 1. The number of H-pyrrole nitrogens is 1. The zero-order valence-electron chi connectivity index (χ0n) is 10.9. The van der Waals surface area contributed by atoms with Gasteiger partial charge in [0.05, 0.1) is 17.6 Å². The van der Waals surface area contributed by atoms with Crippen LogP contribution in [0.5, 0.6) is 0 Å². The highest BCUT2D eigenvalue weighted by Gasteiger charge is 2.07. The molecule has 2 N–H and O–H groups in total. The topological polar surface area (TPSA) is 48.9 Å². The van der Waals surface area contributed by atoms with E-state index in [1.807, 2.05) is 30.3 Å². The van der Waals surface area contributed by atoms with Gasteiger partial charge in [-0.15, -0.1) is 0 Å². The van der Waals surface area contributed by atoms with Crippen molar-refractivity contribution >= 4 is 34.4 Å². The quantitative estimate of drug-likeness (QED) is 0.763. The van der Waals surface area contributed by atoms with Crippen LogP contribution in [0.3, 0.4) is 0 Å². The predicted molar refractivity (Wildman–Crippen MR) is 82.3 cm³/mol. The summed E-state index contributed by atoms with van der Waals surface area (Å²) in [6.45, 7) is 2.01. The molecule has 0 saturated carbocycles. The van der Waals surface area contributed by atoms with E-state index in [2.05, 4.69) is 23.0 Å². The molecule has 0 spiro atoms. The SMILES string of the molecule is Cc1ccc2nc(Sc3ccc(CO)c(Cl)c3)[nH]c2c1. The molecule has 0 radical (unpaired) electrons. The summed E-state index contributed by atoms with van der Waals surface area (Å²) in [6.07, 6.45) is 0. The summed E-state index contributed by atoms with van der Waals surface area (Å²) < 4.78 is 0. The number of hydrogen-bond acceptors (Lipinski definition) is 3. The normalized spacial score (nSPS) is 11.2. The Kier molecular flexibility index (Phi) is 3.70. The van der Waals surface area contributed by atoms with Crippen LogP contribution >= 0.6 is 23.4 Å².